The van der Waals surface area contributed by atoms with Crippen LogP contribution in [-0.4, -0.2) is 6.03 Å². The molecule has 2 N–H and O–H groups in total. The molecule has 120 valence electrons. The molecule has 0 bridgehead atoms. The Bertz CT molecular complexity index is 761. The number of urea groups is 1. The van der Waals surface area contributed by atoms with Gasteiger partial charge in [0.15, 0.2) is 0 Å². The van der Waals surface area contributed by atoms with Gasteiger partial charge in [-0.25, -0.2) is 4.79 Å². The summed E-state index contributed by atoms with van der Waals surface area (Å²) in [6.07, 6.45) is -4.47. The molecule has 1 heterocycles. The second-order valence-electron chi connectivity index (χ2n) is 5.16. The fourth-order valence-corrected chi connectivity index (χ4v) is 3.56. The van der Waals surface area contributed by atoms with Crippen molar-refractivity contribution in [2.75, 3.05) is 4.90 Å². The van der Waals surface area contributed by atoms with Crippen molar-refractivity contribution in [3.8, 4) is 0 Å². The summed E-state index contributed by atoms with van der Waals surface area (Å²) in [7, 11) is 0. The highest BCUT2D eigenvalue weighted by Crippen LogP contribution is 2.40. The van der Waals surface area contributed by atoms with Crippen LogP contribution in [0, 0.1) is 0 Å². The summed E-state index contributed by atoms with van der Waals surface area (Å²) in [5.41, 5.74) is 6.73. The average Bonchev–Trinajstić information content (AvgIpc) is 2.48. The minimum absolute atomic E-state index is 0.153. The third kappa shape index (κ3) is 3.14. The maximum Gasteiger partial charge on any atom is 0.416 e. The molecule has 0 saturated carbocycles. The Kier molecular flexibility index (Phi) is 3.97. The number of fused-ring (bicyclic) bond motifs is 2. The van der Waals surface area contributed by atoms with E-state index in [1.54, 1.807) is 0 Å². The fourth-order valence-electron chi connectivity index (χ4n) is 2.49. The lowest BCUT2D eigenvalue weighted by Crippen LogP contribution is -2.36. The van der Waals surface area contributed by atoms with Gasteiger partial charge < -0.3 is 5.73 Å². The van der Waals surface area contributed by atoms with E-state index in [9.17, 15) is 18.0 Å². The molecule has 0 saturated heterocycles. The molecular weight excluding hydrogens is 325 g/mol. The molecule has 0 fully saturated rings. The van der Waals surface area contributed by atoms with Crippen molar-refractivity contribution < 1.29 is 18.0 Å². The number of benzene rings is 2. The maximum atomic E-state index is 13.0. The first-order valence-electron chi connectivity index (χ1n) is 6.84. The highest BCUT2D eigenvalue weighted by Gasteiger charge is 2.32. The maximum absolute atomic E-state index is 13.0. The molecule has 0 aromatic heterocycles. The van der Waals surface area contributed by atoms with E-state index < -0.39 is 17.8 Å². The standard InChI is InChI=1S/C16H13F3N2OS/c17-16(18,19)12-5-6-14-13(7-12)21(15(20)22)8-10-3-1-2-4-11(10)9-23-14/h1-7H,8-9H2,(H2,20,22). The summed E-state index contributed by atoms with van der Waals surface area (Å²) in [5.74, 6) is 0.626. The van der Waals surface area contributed by atoms with Crippen LogP contribution in [0.5, 0.6) is 0 Å². The monoisotopic (exact) mass is 338 g/mol. The number of thioether (sulfide) groups is 1. The first-order chi connectivity index (χ1) is 10.9. The summed E-state index contributed by atoms with van der Waals surface area (Å²) in [6, 6.07) is 10.1. The molecule has 2 amide bonds. The van der Waals surface area contributed by atoms with Crippen LogP contribution in [0.2, 0.25) is 0 Å². The van der Waals surface area contributed by atoms with Gasteiger partial charge in [0.2, 0.25) is 0 Å². The number of nitrogens with two attached hydrogens (primary N) is 1. The Morgan fingerprint density at radius 1 is 1.13 bits per heavy atom. The number of hydrogen-bond acceptors (Lipinski definition) is 2. The van der Waals surface area contributed by atoms with E-state index in [-0.39, 0.29) is 12.2 Å². The van der Waals surface area contributed by atoms with Crippen LogP contribution in [0.3, 0.4) is 0 Å². The van der Waals surface area contributed by atoms with Crippen LogP contribution in [0.25, 0.3) is 0 Å². The zero-order chi connectivity index (χ0) is 16.6. The SMILES string of the molecule is NC(=O)N1Cc2ccccc2CSc2ccc(C(F)(F)F)cc21. The number of halogens is 3. The number of primary amides is 1. The van der Waals surface area contributed by atoms with Crippen LogP contribution in [0.1, 0.15) is 16.7 Å². The second-order valence-corrected chi connectivity index (χ2v) is 6.18. The lowest BCUT2D eigenvalue weighted by Gasteiger charge is -2.27. The van der Waals surface area contributed by atoms with Crippen molar-refractivity contribution in [3.05, 3.63) is 59.2 Å². The highest BCUT2D eigenvalue weighted by atomic mass is 32.2. The van der Waals surface area contributed by atoms with E-state index in [1.807, 2.05) is 24.3 Å². The van der Waals surface area contributed by atoms with Crippen molar-refractivity contribution in [1.82, 2.24) is 0 Å². The van der Waals surface area contributed by atoms with Gasteiger partial charge in [0.1, 0.15) is 0 Å². The van der Waals surface area contributed by atoms with E-state index >= 15 is 0 Å². The Morgan fingerprint density at radius 3 is 2.48 bits per heavy atom. The molecule has 0 radical (unpaired) electrons. The van der Waals surface area contributed by atoms with Gasteiger partial charge in [-0.3, -0.25) is 4.90 Å². The van der Waals surface area contributed by atoms with E-state index in [0.717, 1.165) is 23.3 Å². The molecule has 2 aromatic carbocycles. The van der Waals surface area contributed by atoms with Gasteiger partial charge in [-0.05, 0) is 29.3 Å². The van der Waals surface area contributed by atoms with E-state index in [1.165, 1.54) is 22.7 Å². The van der Waals surface area contributed by atoms with Gasteiger partial charge in [0.25, 0.3) is 0 Å². The summed E-state index contributed by atoms with van der Waals surface area (Å²) >= 11 is 1.39. The summed E-state index contributed by atoms with van der Waals surface area (Å²) < 4.78 is 38.9. The first-order valence-corrected chi connectivity index (χ1v) is 7.82. The topological polar surface area (TPSA) is 46.3 Å². The largest absolute Gasteiger partial charge is 0.416 e. The molecular formula is C16H13F3N2OS. The number of hydrogen-bond donors (Lipinski definition) is 1. The zero-order valence-corrected chi connectivity index (χ0v) is 12.7. The van der Waals surface area contributed by atoms with Gasteiger partial charge in [0.05, 0.1) is 17.8 Å². The number of rotatable bonds is 0. The van der Waals surface area contributed by atoms with E-state index in [0.29, 0.717) is 10.6 Å². The Morgan fingerprint density at radius 2 is 1.83 bits per heavy atom. The molecule has 3 nitrogen and oxygen atoms in total. The third-order valence-corrected chi connectivity index (χ3v) is 4.78. The molecule has 3 rings (SSSR count). The van der Waals surface area contributed by atoms with Crippen molar-refractivity contribution in [2.24, 2.45) is 5.73 Å². The summed E-state index contributed by atoms with van der Waals surface area (Å²) in [6.45, 7) is 0.153. The number of anilines is 1. The van der Waals surface area contributed by atoms with Crippen molar-refractivity contribution in [1.29, 1.82) is 0 Å². The van der Waals surface area contributed by atoms with Gasteiger partial charge in [-0.15, -0.1) is 11.8 Å². The molecule has 7 heteroatoms. The van der Waals surface area contributed by atoms with Gasteiger partial charge in [0, 0.05) is 10.6 Å². The Labute approximate surface area is 135 Å². The minimum Gasteiger partial charge on any atom is -0.351 e. The Hall–Kier alpha value is -2.15. The number of carbonyl (C=O) groups is 1. The smallest absolute Gasteiger partial charge is 0.351 e. The highest BCUT2D eigenvalue weighted by molar-refractivity contribution is 7.98. The molecule has 1 aliphatic rings. The lowest BCUT2D eigenvalue weighted by molar-refractivity contribution is -0.137. The molecule has 0 atom stereocenters. The molecule has 1 aliphatic heterocycles. The average molecular weight is 338 g/mol. The molecule has 23 heavy (non-hydrogen) atoms. The van der Waals surface area contributed by atoms with E-state index in [2.05, 4.69) is 0 Å². The van der Waals surface area contributed by atoms with Crippen molar-refractivity contribution in [2.45, 2.75) is 23.4 Å². The van der Waals surface area contributed by atoms with Crippen LogP contribution < -0.4 is 10.6 Å². The van der Waals surface area contributed by atoms with Crippen LogP contribution in [-0.2, 0) is 18.5 Å². The number of nitrogens with zero attached hydrogens (tertiary/aromatic N) is 1. The third-order valence-electron chi connectivity index (χ3n) is 3.67. The predicted molar refractivity (Wildman–Crippen MR) is 83.2 cm³/mol. The number of carbonyl (C=O) groups excluding carboxylic acids is 1. The van der Waals surface area contributed by atoms with Crippen molar-refractivity contribution >= 4 is 23.5 Å². The summed E-state index contributed by atoms with van der Waals surface area (Å²) in [5, 5.41) is 0. The lowest BCUT2D eigenvalue weighted by atomic mass is 10.1. The quantitative estimate of drug-likeness (QED) is 0.774. The number of amides is 2. The van der Waals surface area contributed by atoms with Crippen LogP contribution in [0.15, 0.2) is 47.4 Å². The predicted octanol–water partition coefficient (Wildman–Crippen LogP) is 4.40. The Balaban J connectivity index is 2.11. The second kappa shape index (κ2) is 5.81. The zero-order valence-electron chi connectivity index (χ0n) is 11.9. The van der Waals surface area contributed by atoms with Crippen LogP contribution in [0.4, 0.5) is 23.7 Å². The molecule has 0 aliphatic carbocycles. The summed E-state index contributed by atoms with van der Waals surface area (Å²) in [4.78, 5) is 13.6. The normalized spacial score (nSPS) is 14.5. The minimum atomic E-state index is -4.47. The van der Waals surface area contributed by atoms with Crippen molar-refractivity contribution in [3.63, 3.8) is 0 Å². The van der Waals surface area contributed by atoms with Crippen LogP contribution >= 0.6 is 11.8 Å². The number of alkyl halides is 3. The molecule has 0 unspecified atom stereocenters. The first kappa shape index (κ1) is 15.7. The molecule has 0 spiro atoms. The molecule has 2 aromatic rings. The van der Waals surface area contributed by atoms with Gasteiger partial charge >= 0.3 is 12.2 Å². The van der Waals surface area contributed by atoms with Gasteiger partial charge in [-0.1, -0.05) is 24.3 Å². The van der Waals surface area contributed by atoms with Gasteiger partial charge in [-0.2, -0.15) is 13.2 Å². The fraction of sp³-hybridized carbons (Fsp3) is 0.188. The van der Waals surface area contributed by atoms with E-state index in [4.69, 9.17) is 5.73 Å².